The lowest BCUT2D eigenvalue weighted by Gasteiger charge is -2.26. The third kappa shape index (κ3) is 2.51. The predicted molar refractivity (Wildman–Crippen MR) is 88.2 cm³/mol. The molecule has 1 aliphatic heterocycles. The van der Waals surface area contributed by atoms with Crippen molar-refractivity contribution in [3.05, 3.63) is 58.3 Å². The quantitative estimate of drug-likeness (QED) is 0.828. The topological polar surface area (TPSA) is 66.8 Å². The maximum Gasteiger partial charge on any atom is 0.431 e. The standard InChI is InChI=1S/C17H12F3NO4S/c1-25-14(22)12-13(11-8-5-9-26-11)21(10-6-3-2-4-7-10)15(23)16(12,24)17(18,19)20/h2-9,24H,1H3. The van der Waals surface area contributed by atoms with Crippen LogP contribution in [0.2, 0.25) is 0 Å². The van der Waals surface area contributed by atoms with Gasteiger partial charge in [-0.1, -0.05) is 24.3 Å². The number of carbonyl (C=O) groups is 2. The third-order valence-corrected chi connectivity index (χ3v) is 4.78. The lowest BCUT2D eigenvalue weighted by atomic mass is 9.93. The highest BCUT2D eigenvalue weighted by atomic mass is 32.1. The maximum atomic E-state index is 13.7. The number of amides is 1. The number of anilines is 1. The molecule has 0 aliphatic carbocycles. The molecule has 1 unspecified atom stereocenters. The molecule has 0 saturated carbocycles. The van der Waals surface area contributed by atoms with Gasteiger partial charge in [0, 0.05) is 5.69 Å². The summed E-state index contributed by atoms with van der Waals surface area (Å²) in [4.78, 5) is 25.8. The van der Waals surface area contributed by atoms with E-state index < -0.39 is 29.2 Å². The summed E-state index contributed by atoms with van der Waals surface area (Å²) in [6.07, 6.45) is -5.42. The van der Waals surface area contributed by atoms with Gasteiger partial charge in [0.1, 0.15) is 5.57 Å². The molecule has 1 aromatic heterocycles. The van der Waals surface area contributed by atoms with E-state index in [1.54, 1.807) is 17.5 Å². The second-order valence-corrected chi connectivity index (χ2v) is 6.32. The summed E-state index contributed by atoms with van der Waals surface area (Å²) in [6, 6.07) is 10.5. The number of carbonyl (C=O) groups excluding carboxylic acids is 2. The van der Waals surface area contributed by atoms with E-state index in [2.05, 4.69) is 4.74 Å². The Morgan fingerprint density at radius 2 is 1.85 bits per heavy atom. The highest BCUT2D eigenvalue weighted by molar-refractivity contribution is 7.11. The maximum absolute atomic E-state index is 13.7. The first-order valence-corrected chi connectivity index (χ1v) is 8.17. The van der Waals surface area contributed by atoms with Crippen LogP contribution >= 0.6 is 11.3 Å². The minimum Gasteiger partial charge on any atom is -0.466 e. The Bertz CT molecular complexity index is 877. The van der Waals surface area contributed by atoms with Gasteiger partial charge in [-0.05, 0) is 23.6 Å². The lowest BCUT2D eigenvalue weighted by Crippen LogP contribution is -2.55. The first-order chi connectivity index (χ1) is 12.2. The molecule has 5 nitrogen and oxygen atoms in total. The van der Waals surface area contributed by atoms with E-state index in [-0.39, 0.29) is 16.3 Å². The monoisotopic (exact) mass is 383 g/mol. The van der Waals surface area contributed by atoms with Crippen LogP contribution in [-0.2, 0) is 14.3 Å². The molecule has 3 rings (SSSR count). The highest BCUT2D eigenvalue weighted by Crippen LogP contribution is 2.49. The van der Waals surface area contributed by atoms with Crippen molar-refractivity contribution in [2.75, 3.05) is 12.0 Å². The number of para-hydroxylation sites is 1. The molecule has 26 heavy (non-hydrogen) atoms. The van der Waals surface area contributed by atoms with Crippen LogP contribution in [0.3, 0.4) is 0 Å². The molecule has 0 radical (unpaired) electrons. The van der Waals surface area contributed by atoms with E-state index in [9.17, 15) is 27.9 Å². The molecule has 2 aromatic rings. The van der Waals surface area contributed by atoms with E-state index >= 15 is 0 Å². The molecule has 1 aliphatic rings. The zero-order chi connectivity index (χ0) is 19.1. The zero-order valence-electron chi connectivity index (χ0n) is 13.3. The van der Waals surface area contributed by atoms with Crippen LogP contribution < -0.4 is 4.90 Å². The molecule has 9 heteroatoms. The van der Waals surface area contributed by atoms with Gasteiger partial charge >= 0.3 is 12.1 Å². The van der Waals surface area contributed by atoms with Gasteiger partial charge in [0.05, 0.1) is 17.7 Å². The first-order valence-electron chi connectivity index (χ1n) is 7.29. The Morgan fingerprint density at radius 3 is 2.35 bits per heavy atom. The summed E-state index contributed by atoms with van der Waals surface area (Å²) in [5.74, 6) is -3.11. The average Bonchev–Trinajstić information content (AvgIpc) is 3.21. The minimum absolute atomic E-state index is 0.0856. The van der Waals surface area contributed by atoms with Gasteiger partial charge in [-0.3, -0.25) is 9.69 Å². The fraction of sp³-hybridized carbons (Fsp3) is 0.176. The van der Waals surface area contributed by atoms with Gasteiger partial charge in [-0.25, -0.2) is 4.79 Å². The van der Waals surface area contributed by atoms with Crippen LogP contribution in [0.25, 0.3) is 5.70 Å². The van der Waals surface area contributed by atoms with Crippen LogP contribution in [0.15, 0.2) is 53.4 Å². The van der Waals surface area contributed by atoms with Crippen molar-refractivity contribution < 1.29 is 32.6 Å². The van der Waals surface area contributed by atoms with E-state index in [4.69, 9.17) is 0 Å². The van der Waals surface area contributed by atoms with Gasteiger partial charge in [-0.15, -0.1) is 11.3 Å². The van der Waals surface area contributed by atoms with Crippen LogP contribution in [-0.4, -0.2) is 35.9 Å². The number of alkyl halides is 3. The second kappa shape index (κ2) is 6.26. The van der Waals surface area contributed by atoms with Crippen molar-refractivity contribution in [3.63, 3.8) is 0 Å². The van der Waals surface area contributed by atoms with Gasteiger partial charge in [0.25, 0.3) is 11.5 Å². The van der Waals surface area contributed by atoms with Crippen LogP contribution in [0.5, 0.6) is 0 Å². The Labute approximate surface area is 149 Å². The van der Waals surface area contributed by atoms with E-state index in [1.807, 2.05) is 0 Å². The van der Waals surface area contributed by atoms with Crippen molar-refractivity contribution in [2.24, 2.45) is 0 Å². The molecular formula is C17H12F3NO4S. The summed E-state index contributed by atoms with van der Waals surface area (Å²) in [7, 11) is 0.883. The van der Waals surface area contributed by atoms with Crippen LogP contribution in [0.4, 0.5) is 18.9 Å². The number of benzene rings is 1. The molecule has 0 spiro atoms. The number of nitrogens with zero attached hydrogens (tertiary/aromatic N) is 1. The molecule has 1 amide bonds. The van der Waals surface area contributed by atoms with Gasteiger partial charge in [0.15, 0.2) is 0 Å². The van der Waals surface area contributed by atoms with Gasteiger partial charge in [-0.2, -0.15) is 13.2 Å². The minimum atomic E-state index is -5.42. The number of aliphatic hydroxyl groups is 1. The fourth-order valence-corrected chi connectivity index (χ4v) is 3.50. The summed E-state index contributed by atoms with van der Waals surface area (Å²) in [5, 5.41) is 12.0. The Kier molecular flexibility index (Phi) is 4.37. The summed E-state index contributed by atoms with van der Waals surface area (Å²) in [6.45, 7) is 0. The molecule has 0 saturated heterocycles. The summed E-state index contributed by atoms with van der Waals surface area (Å²) >= 11 is 1.03. The second-order valence-electron chi connectivity index (χ2n) is 5.38. The largest absolute Gasteiger partial charge is 0.466 e. The number of methoxy groups -OCH3 is 1. The molecule has 0 fully saturated rings. The van der Waals surface area contributed by atoms with Gasteiger partial charge in [0.2, 0.25) is 0 Å². The molecule has 1 aromatic carbocycles. The number of esters is 1. The van der Waals surface area contributed by atoms with E-state index in [0.717, 1.165) is 18.4 Å². The summed E-state index contributed by atoms with van der Waals surface area (Å²) < 4.78 is 45.6. The number of ether oxygens (including phenoxy) is 1. The number of thiophene rings is 1. The normalized spacial score (nSPS) is 20.7. The fourth-order valence-electron chi connectivity index (χ4n) is 2.73. The lowest BCUT2D eigenvalue weighted by molar-refractivity contribution is -0.236. The molecule has 2 heterocycles. The van der Waals surface area contributed by atoms with Crippen molar-refractivity contribution in [1.29, 1.82) is 0 Å². The van der Waals surface area contributed by atoms with Crippen LogP contribution in [0.1, 0.15) is 4.88 Å². The molecule has 1 N–H and O–H groups in total. The zero-order valence-corrected chi connectivity index (χ0v) is 14.1. The smallest absolute Gasteiger partial charge is 0.431 e. The van der Waals surface area contributed by atoms with E-state index in [1.165, 1.54) is 30.3 Å². The number of rotatable bonds is 3. The van der Waals surface area contributed by atoms with Gasteiger partial charge < -0.3 is 9.84 Å². The van der Waals surface area contributed by atoms with Crippen LogP contribution in [0, 0.1) is 0 Å². The highest BCUT2D eigenvalue weighted by Gasteiger charge is 2.70. The molecular weight excluding hydrogens is 371 g/mol. The molecule has 0 bridgehead atoms. The first kappa shape index (κ1) is 18.2. The van der Waals surface area contributed by atoms with Crippen molar-refractivity contribution in [2.45, 2.75) is 11.8 Å². The molecule has 136 valence electrons. The van der Waals surface area contributed by atoms with Crippen molar-refractivity contribution >= 4 is 34.6 Å². The number of hydrogen-bond acceptors (Lipinski definition) is 5. The van der Waals surface area contributed by atoms with E-state index in [0.29, 0.717) is 4.90 Å². The number of hydrogen-bond donors (Lipinski definition) is 1. The SMILES string of the molecule is COC(=O)C1=C(c2cccs2)N(c2ccccc2)C(=O)C1(O)C(F)(F)F. The Hall–Kier alpha value is -2.65. The Morgan fingerprint density at radius 1 is 1.19 bits per heavy atom. The average molecular weight is 383 g/mol. The van der Waals surface area contributed by atoms with Crippen molar-refractivity contribution in [3.8, 4) is 0 Å². The molecule has 1 atom stereocenters. The third-order valence-electron chi connectivity index (χ3n) is 3.90. The van der Waals surface area contributed by atoms with Crippen molar-refractivity contribution in [1.82, 2.24) is 0 Å². The Balaban J connectivity index is 2.38. The summed E-state index contributed by atoms with van der Waals surface area (Å²) in [5.41, 5.74) is -5.41. The predicted octanol–water partition coefficient (Wildman–Crippen LogP) is 2.97. The number of halogens is 3.